The maximum absolute atomic E-state index is 11.6. The fourth-order valence-corrected chi connectivity index (χ4v) is 1.22. The highest BCUT2D eigenvalue weighted by Crippen LogP contribution is 2.12. The van der Waals surface area contributed by atoms with Gasteiger partial charge in [0.05, 0.1) is 26.7 Å². The molecule has 0 spiro atoms. The summed E-state index contributed by atoms with van der Waals surface area (Å²) in [7, 11) is 2.33. The van der Waals surface area contributed by atoms with Crippen LogP contribution in [-0.2, 0) is 23.9 Å². The summed E-state index contributed by atoms with van der Waals surface area (Å²) in [5.41, 5.74) is 0. The van der Waals surface area contributed by atoms with Gasteiger partial charge in [-0.2, -0.15) is 0 Å². The van der Waals surface area contributed by atoms with Crippen LogP contribution < -0.4 is 0 Å². The van der Waals surface area contributed by atoms with Gasteiger partial charge in [-0.1, -0.05) is 6.92 Å². The van der Waals surface area contributed by atoms with Crippen molar-refractivity contribution in [2.75, 3.05) is 14.2 Å². The van der Waals surface area contributed by atoms with Crippen molar-refractivity contribution < 1.29 is 29.0 Å². The second-order valence-corrected chi connectivity index (χ2v) is 3.29. The van der Waals surface area contributed by atoms with Crippen LogP contribution in [0.4, 0.5) is 0 Å². The first kappa shape index (κ1) is 15.2. The van der Waals surface area contributed by atoms with E-state index in [1.54, 1.807) is 6.92 Å². The number of carbonyl (C=O) groups excluding carboxylic acids is 3. The van der Waals surface area contributed by atoms with Gasteiger partial charge < -0.3 is 14.6 Å². The first-order chi connectivity index (χ1) is 7.96. The Hall–Kier alpha value is -1.85. The summed E-state index contributed by atoms with van der Waals surface area (Å²) in [4.78, 5) is 33.6. The Balaban J connectivity index is 4.57. The molecule has 0 fully saturated rings. The zero-order valence-electron chi connectivity index (χ0n) is 10.1. The van der Waals surface area contributed by atoms with Crippen molar-refractivity contribution in [3.05, 3.63) is 11.8 Å². The molecule has 0 radical (unpaired) electrons. The molecule has 0 heterocycles. The summed E-state index contributed by atoms with van der Waals surface area (Å²) in [5, 5.41) is 9.31. The van der Waals surface area contributed by atoms with E-state index in [4.69, 9.17) is 0 Å². The van der Waals surface area contributed by atoms with Crippen LogP contribution in [-0.4, -0.2) is 37.0 Å². The van der Waals surface area contributed by atoms with Crippen LogP contribution in [0.3, 0.4) is 0 Å². The summed E-state index contributed by atoms with van der Waals surface area (Å²) < 4.78 is 8.74. The minimum Gasteiger partial charge on any atom is -0.512 e. The molecule has 0 amide bonds. The highest BCUT2D eigenvalue weighted by Gasteiger charge is 2.26. The summed E-state index contributed by atoms with van der Waals surface area (Å²) >= 11 is 0. The summed E-state index contributed by atoms with van der Waals surface area (Å²) in [6.07, 6.45) is 0.668. The zero-order valence-corrected chi connectivity index (χ0v) is 10.1. The highest BCUT2D eigenvalue weighted by atomic mass is 16.5. The number of methoxy groups -OCH3 is 2. The Labute approximate surface area is 99.2 Å². The number of aliphatic hydroxyl groups is 1. The number of allylic oxidation sites excluding steroid dienone is 1. The Kier molecular flexibility index (Phi) is 6.62. The Morgan fingerprint density at radius 2 is 1.82 bits per heavy atom. The van der Waals surface area contributed by atoms with E-state index in [1.165, 1.54) is 7.11 Å². The number of hydrogen-bond acceptors (Lipinski definition) is 6. The Bertz CT molecular complexity index is 331. The third kappa shape index (κ3) is 5.14. The lowest BCUT2D eigenvalue weighted by Gasteiger charge is -2.10. The molecule has 0 rings (SSSR count). The fourth-order valence-electron chi connectivity index (χ4n) is 1.22. The van der Waals surface area contributed by atoms with Crippen LogP contribution in [0.25, 0.3) is 0 Å². The largest absolute Gasteiger partial charge is 0.512 e. The van der Waals surface area contributed by atoms with Crippen LogP contribution in [0, 0.1) is 5.92 Å². The number of esters is 2. The van der Waals surface area contributed by atoms with Crippen molar-refractivity contribution in [2.45, 2.75) is 19.8 Å². The van der Waals surface area contributed by atoms with E-state index in [0.29, 0.717) is 0 Å². The molecule has 1 N–H and O–H groups in total. The molecule has 0 aromatic rings. The molecule has 6 nitrogen and oxygen atoms in total. The SMILES string of the molecule is CCC(C(=O)C/C(O)=C/C(=O)OC)C(=O)OC. The van der Waals surface area contributed by atoms with Gasteiger partial charge >= 0.3 is 11.9 Å². The van der Waals surface area contributed by atoms with Crippen LogP contribution in [0.15, 0.2) is 11.8 Å². The van der Waals surface area contributed by atoms with Crippen LogP contribution >= 0.6 is 0 Å². The predicted octanol–water partition coefficient (Wildman–Crippen LogP) is 0.760. The molecule has 1 unspecified atom stereocenters. The molecule has 96 valence electrons. The van der Waals surface area contributed by atoms with E-state index in [1.807, 2.05) is 0 Å². The number of aliphatic hydroxyl groups excluding tert-OH is 1. The second kappa shape index (κ2) is 7.43. The summed E-state index contributed by atoms with van der Waals surface area (Å²) in [6, 6.07) is 0. The predicted molar refractivity (Wildman–Crippen MR) is 58.1 cm³/mol. The minimum absolute atomic E-state index is 0.275. The first-order valence-corrected chi connectivity index (χ1v) is 5.04. The molecule has 0 aromatic heterocycles. The lowest BCUT2D eigenvalue weighted by Crippen LogP contribution is -2.25. The molecule has 0 bridgehead atoms. The van der Waals surface area contributed by atoms with Crippen molar-refractivity contribution in [3.8, 4) is 0 Å². The molecule has 17 heavy (non-hydrogen) atoms. The number of rotatable bonds is 6. The monoisotopic (exact) mass is 244 g/mol. The smallest absolute Gasteiger partial charge is 0.333 e. The maximum Gasteiger partial charge on any atom is 0.333 e. The fraction of sp³-hybridized carbons (Fsp3) is 0.545. The van der Waals surface area contributed by atoms with E-state index in [9.17, 15) is 19.5 Å². The first-order valence-electron chi connectivity index (χ1n) is 5.04. The van der Waals surface area contributed by atoms with Gasteiger partial charge in [0.2, 0.25) is 0 Å². The van der Waals surface area contributed by atoms with Gasteiger partial charge in [-0.15, -0.1) is 0 Å². The van der Waals surface area contributed by atoms with Crippen LogP contribution in [0.1, 0.15) is 19.8 Å². The minimum atomic E-state index is -0.923. The topological polar surface area (TPSA) is 89.9 Å². The van der Waals surface area contributed by atoms with E-state index >= 15 is 0 Å². The molecule has 0 aromatic carbocycles. The standard InChI is InChI=1S/C11H16O6/c1-4-8(11(15)17-3)9(13)5-7(12)6-10(14)16-2/h6,8,12H,4-5H2,1-3H3/b7-6-. The molecule has 0 aliphatic heterocycles. The van der Waals surface area contributed by atoms with Crippen molar-refractivity contribution in [2.24, 2.45) is 5.92 Å². The average molecular weight is 244 g/mol. The number of Topliss-reactive ketones (excluding diaryl/α,β-unsaturated/α-hetero) is 1. The van der Waals surface area contributed by atoms with Crippen molar-refractivity contribution in [1.29, 1.82) is 0 Å². The van der Waals surface area contributed by atoms with Gasteiger partial charge in [0, 0.05) is 0 Å². The van der Waals surface area contributed by atoms with Crippen molar-refractivity contribution in [3.63, 3.8) is 0 Å². The number of hydrogen-bond donors (Lipinski definition) is 1. The van der Waals surface area contributed by atoms with Gasteiger partial charge in [0.15, 0.2) is 5.78 Å². The van der Waals surface area contributed by atoms with Gasteiger partial charge in [0.25, 0.3) is 0 Å². The molecular weight excluding hydrogens is 228 g/mol. The van der Waals surface area contributed by atoms with E-state index in [0.717, 1.165) is 13.2 Å². The molecule has 0 saturated carbocycles. The van der Waals surface area contributed by atoms with Crippen molar-refractivity contribution in [1.82, 2.24) is 0 Å². The quantitative estimate of drug-likeness (QED) is 0.321. The third-order valence-corrected chi connectivity index (χ3v) is 2.12. The molecule has 0 aliphatic carbocycles. The Morgan fingerprint density at radius 3 is 2.24 bits per heavy atom. The molecular formula is C11H16O6. The van der Waals surface area contributed by atoms with Gasteiger partial charge in [-0.3, -0.25) is 9.59 Å². The van der Waals surface area contributed by atoms with E-state index in [2.05, 4.69) is 9.47 Å². The molecule has 0 saturated heterocycles. The molecule has 6 heteroatoms. The highest BCUT2D eigenvalue weighted by molar-refractivity contribution is 6.00. The number of carbonyl (C=O) groups is 3. The maximum atomic E-state index is 11.6. The van der Waals surface area contributed by atoms with Gasteiger partial charge in [0.1, 0.15) is 11.7 Å². The number of ether oxygens (including phenoxy) is 2. The molecule has 1 atom stereocenters. The normalized spacial score (nSPS) is 12.8. The average Bonchev–Trinajstić information content (AvgIpc) is 2.28. The van der Waals surface area contributed by atoms with Crippen molar-refractivity contribution >= 4 is 17.7 Å². The van der Waals surface area contributed by atoms with Crippen LogP contribution in [0.5, 0.6) is 0 Å². The molecule has 0 aliphatic rings. The summed E-state index contributed by atoms with van der Waals surface area (Å²) in [6.45, 7) is 1.65. The lowest BCUT2D eigenvalue weighted by molar-refractivity contribution is -0.149. The van der Waals surface area contributed by atoms with Gasteiger partial charge in [-0.05, 0) is 6.42 Å². The zero-order chi connectivity index (χ0) is 13.4. The van der Waals surface area contributed by atoms with Gasteiger partial charge in [-0.25, -0.2) is 4.79 Å². The van der Waals surface area contributed by atoms with E-state index < -0.39 is 35.8 Å². The Morgan fingerprint density at radius 1 is 1.24 bits per heavy atom. The lowest BCUT2D eigenvalue weighted by atomic mass is 9.98. The van der Waals surface area contributed by atoms with Crippen LogP contribution in [0.2, 0.25) is 0 Å². The second-order valence-electron chi connectivity index (χ2n) is 3.29. The summed E-state index contributed by atoms with van der Waals surface area (Å²) in [5.74, 6) is -3.28. The van der Waals surface area contributed by atoms with E-state index in [-0.39, 0.29) is 6.42 Å². The third-order valence-electron chi connectivity index (χ3n) is 2.12. The number of ketones is 1.